The first-order valence-corrected chi connectivity index (χ1v) is 8.03. The molecule has 1 heterocycles. The zero-order valence-corrected chi connectivity index (χ0v) is 13.5. The quantitative estimate of drug-likeness (QED) is 0.727. The maximum atomic E-state index is 12.5. The van der Waals surface area contributed by atoms with E-state index in [4.69, 9.17) is 4.74 Å². The normalized spacial score (nSPS) is 24.3. The van der Waals surface area contributed by atoms with Gasteiger partial charge in [0.05, 0.1) is 12.5 Å². The van der Waals surface area contributed by atoms with E-state index in [1.807, 2.05) is 0 Å². The lowest BCUT2D eigenvalue weighted by Crippen LogP contribution is -2.45. The fourth-order valence-corrected chi connectivity index (χ4v) is 3.22. The molecule has 120 valence electrons. The fraction of sp³-hybridized carbons (Fsp3) is 0.875. The van der Waals surface area contributed by atoms with Crippen LogP contribution in [0.1, 0.15) is 52.4 Å². The second-order valence-corrected chi connectivity index (χ2v) is 7.08. The number of methoxy groups -OCH3 is 1. The van der Waals surface area contributed by atoms with Gasteiger partial charge in [-0.1, -0.05) is 26.7 Å². The minimum absolute atomic E-state index is 0.000836. The Morgan fingerprint density at radius 3 is 2.57 bits per heavy atom. The van der Waals surface area contributed by atoms with Gasteiger partial charge in [-0.15, -0.1) is 0 Å². The zero-order valence-electron chi connectivity index (χ0n) is 13.5. The van der Waals surface area contributed by atoms with Crippen molar-refractivity contribution in [1.29, 1.82) is 0 Å². The standard InChI is InChI=1S/C16H28N2O3/c1-16(2,8-9-21-3)11-17-13-10-14(19)18(15(13)20)12-6-4-5-7-12/h12-13,17H,4-11H2,1-3H3. The summed E-state index contributed by atoms with van der Waals surface area (Å²) in [6.07, 6.45) is 5.45. The summed E-state index contributed by atoms with van der Waals surface area (Å²) in [5, 5.41) is 3.30. The molecule has 2 fully saturated rings. The van der Waals surface area contributed by atoms with Gasteiger partial charge in [-0.05, 0) is 24.7 Å². The topological polar surface area (TPSA) is 58.6 Å². The minimum Gasteiger partial charge on any atom is -0.385 e. The summed E-state index contributed by atoms with van der Waals surface area (Å²) in [6.45, 7) is 5.73. The van der Waals surface area contributed by atoms with E-state index in [-0.39, 0.29) is 29.3 Å². The number of hydrogen-bond donors (Lipinski definition) is 1. The second-order valence-electron chi connectivity index (χ2n) is 7.08. The summed E-state index contributed by atoms with van der Waals surface area (Å²) in [6, 6.07) is -0.182. The Bertz CT molecular complexity index is 389. The van der Waals surface area contributed by atoms with Crippen molar-refractivity contribution in [2.45, 2.75) is 64.5 Å². The molecule has 0 radical (unpaired) electrons. The molecule has 2 amide bonds. The van der Waals surface area contributed by atoms with Crippen molar-refractivity contribution in [3.63, 3.8) is 0 Å². The van der Waals surface area contributed by atoms with Gasteiger partial charge in [0, 0.05) is 26.3 Å². The summed E-state index contributed by atoms with van der Waals surface area (Å²) >= 11 is 0. The Morgan fingerprint density at radius 2 is 1.95 bits per heavy atom. The molecule has 21 heavy (non-hydrogen) atoms. The first-order valence-electron chi connectivity index (χ1n) is 8.03. The van der Waals surface area contributed by atoms with Gasteiger partial charge in [-0.25, -0.2) is 0 Å². The number of nitrogens with zero attached hydrogens (tertiary/aromatic N) is 1. The van der Waals surface area contributed by atoms with Crippen molar-refractivity contribution >= 4 is 11.8 Å². The van der Waals surface area contributed by atoms with Gasteiger partial charge in [0.25, 0.3) is 0 Å². The van der Waals surface area contributed by atoms with Crippen molar-refractivity contribution in [2.24, 2.45) is 5.41 Å². The number of imide groups is 1. The van der Waals surface area contributed by atoms with Crippen LogP contribution >= 0.6 is 0 Å². The van der Waals surface area contributed by atoms with E-state index in [1.54, 1.807) is 7.11 Å². The van der Waals surface area contributed by atoms with Crippen molar-refractivity contribution < 1.29 is 14.3 Å². The molecule has 2 aliphatic rings. The van der Waals surface area contributed by atoms with Crippen LogP contribution in [0.15, 0.2) is 0 Å². The van der Waals surface area contributed by atoms with Gasteiger partial charge < -0.3 is 10.1 Å². The second kappa shape index (κ2) is 6.88. The third-order valence-electron chi connectivity index (χ3n) is 4.68. The molecule has 5 heteroatoms. The first kappa shape index (κ1) is 16.4. The predicted molar refractivity (Wildman–Crippen MR) is 80.8 cm³/mol. The van der Waals surface area contributed by atoms with E-state index < -0.39 is 0 Å². The van der Waals surface area contributed by atoms with Crippen LogP contribution in [0.5, 0.6) is 0 Å². The Morgan fingerprint density at radius 1 is 1.29 bits per heavy atom. The Balaban J connectivity index is 1.87. The molecule has 1 atom stereocenters. The number of nitrogens with one attached hydrogen (secondary N) is 1. The third-order valence-corrected chi connectivity index (χ3v) is 4.68. The van der Waals surface area contributed by atoms with E-state index >= 15 is 0 Å². The molecular formula is C16H28N2O3. The minimum atomic E-state index is -0.333. The number of carbonyl (C=O) groups excluding carboxylic acids is 2. The lowest BCUT2D eigenvalue weighted by atomic mass is 9.89. The molecule has 0 aromatic carbocycles. The average molecular weight is 296 g/mol. The molecule has 5 nitrogen and oxygen atoms in total. The van der Waals surface area contributed by atoms with Crippen molar-refractivity contribution in [3.05, 3.63) is 0 Å². The van der Waals surface area contributed by atoms with E-state index in [1.165, 1.54) is 4.90 Å². The summed E-state index contributed by atoms with van der Waals surface area (Å²) < 4.78 is 5.12. The molecule has 0 aromatic heterocycles. The van der Waals surface area contributed by atoms with Crippen LogP contribution < -0.4 is 5.32 Å². The first-order chi connectivity index (χ1) is 9.94. The van der Waals surface area contributed by atoms with Gasteiger partial charge in [-0.3, -0.25) is 14.5 Å². The zero-order chi connectivity index (χ0) is 15.5. The van der Waals surface area contributed by atoms with Crippen LogP contribution in [0.25, 0.3) is 0 Å². The lowest BCUT2D eigenvalue weighted by molar-refractivity contribution is -0.141. The van der Waals surface area contributed by atoms with Crippen molar-refractivity contribution in [3.8, 4) is 0 Å². The average Bonchev–Trinajstić information content (AvgIpc) is 3.03. The van der Waals surface area contributed by atoms with Gasteiger partial charge in [0.2, 0.25) is 11.8 Å². The molecule has 0 spiro atoms. The smallest absolute Gasteiger partial charge is 0.247 e. The highest BCUT2D eigenvalue weighted by molar-refractivity contribution is 6.05. The highest BCUT2D eigenvalue weighted by Crippen LogP contribution is 2.28. The van der Waals surface area contributed by atoms with Gasteiger partial charge in [0.1, 0.15) is 0 Å². The molecule has 1 aliphatic carbocycles. The van der Waals surface area contributed by atoms with Crippen LogP contribution in [0, 0.1) is 5.41 Å². The van der Waals surface area contributed by atoms with Crippen molar-refractivity contribution in [1.82, 2.24) is 10.2 Å². The summed E-state index contributed by atoms with van der Waals surface area (Å²) in [4.78, 5) is 26.1. The molecule has 1 aliphatic heterocycles. The van der Waals surface area contributed by atoms with Gasteiger partial charge >= 0.3 is 0 Å². The highest BCUT2D eigenvalue weighted by atomic mass is 16.5. The van der Waals surface area contributed by atoms with E-state index in [2.05, 4.69) is 19.2 Å². The number of likely N-dealkylation sites (tertiary alicyclic amines) is 1. The van der Waals surface area contributed by atoms with E-state index in [9.17, 15) is 9.59 Å². The number of carbonyl (C=O) groups is 2. The maximum absolute atomic E-state index is 12.5. The Hall–Kier alpha value is -0.940. The number of hydrogen-bond acceptors (Lipinski definition) is 4. The lowest BCUT2D eigenvalue weighted by Gasteiger charge is -2.27. The maximum Gasteiger partial charge on any atom is 0.247 e. The molecule has 2 rings (SSSR count). The van der Waals surface area contributed by atoms with Crippen molar-refractivity contribution in [2.75, 3.05) is 20.3 Å². The molecule has 1 N–H and O–H groups in total. The summed E-state index contributed by atoms with van der Waals surface area (Å²) in [5.74, 6) is -0.0199. The molecular weight excluding hydrogens is 268 g/mol. The molecule has 0 bridgehead atoms. The monoisotopic (exact) mass is 296 g/mol. The highest BCUT2D eigenvalue weighted by Gasteiger charge is 2.43. The molecule has 1 unspecified atom stereocenters. The number of amides is 2. The summed E-state index contributed by atoms with van der Waals surface area (Å²) in [7, 11) is 1.70. The van der Waals surface area contributed by atoms with Crippen LogP contribution in [-0.2, 0) is 14.3 Å². The van der Waals surface area contributed by atoms with Crippen LogP contribution in [-0.4, -0.2) is 49.1 Å². The SMILES string of the molecule is COCCC(C)(C)CNC1CC(=O)N(C2CCCC2)C1=O. The van der Waals surface area contributed by atoms with Crippen LogP contribution in [0.3, 0.4) is 0 Å². The predicted octanol–water partition coefficient (Wildman–Crippen LogP) is 1.71. The van der Waals surface area contributed by atoms with Crippen LogP contribution in [0.4, 0.5) is 0 Å². The number of ether oxygens (including phenoxy) is 1. The number of rotatable bonds is 7. The Labute approximate surface area is 127 Å². The summed E-state index contributed by atoms with van der Waals surface area (Å²) in [5.41, 5.74) is 0.0557. The molecule has 1 saturated heterocycles. The van der Waals surface area contributed by atoms with Crippen LogP contribution in [0.2, 0.25) is 0 Å². The van der Waals surface area contributed by atoms with E-state index in [0.29, 0.717) is 13.0 Å². The van der Waals surface area contributed by atoms with Gasteiger partial charge in [-0.2, -0.15) is 0 Å². The molecule has 0 aromatic rings. The van der Waals surface area contributed by atoms with Gasteiger partial charge in [0.15, 0.2) is 0 Å². The third kappa shape index (κ3) is 4.04. The fourth-order valence-electron chi connectivity index (χ4n) is 3.22. The van der Waals surface area contributed by atoms with E-state index in [0.717, 1.165) is 38.6 Å². The molecule has 1 saturated carbocycles. The Kier molecular flexibility index (Phi) is 5.38. The largest absolute Gasteiger partial charge is 0.385 e.